The minimum absolute atomic E-state index is 0.182. The Balaban J connectivity index is 1.87. The number of carbonyl (C=O) groups excluding carboxylic acids is 2. The summed E-state index contributed by atoms with van der Waals surface area (Å²) < 4.78 is 17.3. The first-order valence-electron chi connectivity index (χ1n) is 9.52. The average molecular weight is 522 g/mol. The Hall–Kier alpha value is -2.36. The first-order chi connectivity index (χ1) is 14.9. The number of halogens is 1. The van der Waals surface area contributed by atoms with Crippen LogP contribution in [0.2, 0.25) is 0 Å². The van der Waals surface area contributed by atoms with Gasteiger partial charge in [-0.05, 0) is 65.7 Å². The summed E-state index contributed by atoms with van der Waals surface area (Å²) in [5.41, 5.74) is 1.46. The molecule has 0 N–H and O–H groups in total. The molecular weight excluding hydrogens is 502 g/mol. The topological polar surface area (TPSA) is 65.1 Å². The molecule has 1 heterocycles. The first kappa shape index (κ1) is 23.3. The molecule has 0 atom stereocenters. The predicted molar refractivity (Wildman–Crippen MR) is 130 cm³/mol. The van der Waals surface area contributed by atoms with Gasteiger partial charge in [-0.1, -0.05) is 42.2 Å². The monoisotopic (exact) mass is 521 g/mol. The highest BCUT2D eigenvalue weighted by Crippen LogP contribution is 2.40. The summed E-state index contributed by atoms with van der Waals surface area (Å²) >= 11 is 10.1. The van der Waals surface area contributed by atoms with Crippen molar-refractivity contribution in [1.29, 1.82) is 0 Å². The quantitative estimate of drug-likeness (QED) is 0.269. The molecule has 1 amide bonds. The van der Waals surface area contributed by atoms with E-state index in [1.54, 1.807) is 25.1 Å². The van der Waals surface area contributed by atoms with Crippen LogP contribution in [0.25, 0.3) is 6.08 Å². The van der Waals surface area contributed by atoms with Gasteiger partial charge in [0.25, 0.3) is 5.91 Å². The number of benzene rings is 2. The highest BCUT2D eigenvalue weighted by Gasteiger charge is 2.33. The van der Waals surface area contributed by atoms with Gasteiger partial charge in [-0.25, -0.2) is 4.79 Å². The van der Waals surface area contributed by atoms with Gasteiger partial charge in [0.2, 0.25) is 0 Å². The minimum Gasteiger partial charge on any atom is -0.490 e. The molecule has 1 aliphatic rings. The number of thiocarbonyl (C=S) groups is 1. The molecule has 1 saturated heterocycles. The third-order valence-electron chi connectivity index (χ3n) is 4.08. The van der Waals surface area contributed by atoms with Crippen LogP contribution in [-0.2, 0) is 14.3 Å². The molecule has 0 bridgehead atoms. The van der Waals surface area contributed by atoms with Gasteiger partial charge in [0.05, 0.1) is 28.3 Å². The first-order valence-corrected chi connectivity index (χ1v) is 11.5. The third kappa shape index (κ3) is 5.66. The van der Waals surface area contributed by atoms with Crippen LogP contribution >= 0.6 is 39.9 Å². The maximum atomic E-state index is 13.0. The van der Waals surface area contributed by atoms with Crippen molar-refractivity contribution in [1.82, 2.24) is 0 Å². The van der Waals surface area contributed by atoms with E-state index in [0.29, 0.717) is 31.8 Å². The molecule has 2 aromatic rings. The Bertz CT molecular complexity index is 1030. The molecule has 0 saturated carbocycles. The summed E-state index contributed by atoms with van der Waals surface area (Å²) in [6, 6.07) is 12.8. The van der Waals surface area contributed by atoms with Gasteiger partial charge in [-0.2, -0.15) is 0 Å². The molecule has 0 radical (unpaired) electrons. The van der Waals surface area contributed by atoms with Gasteiger partial charge in [0.1, 0.15) is 0 Å². The Kier molecular flexibility index (Phi) is 8.11. The van der Waals surface area contributed by atoms with E-state index in [4.69, 9.17) is 26.4 Å². The second-order valence-electron chi connectivity index (χ2n) is 6.21. The summed E-state index contributed by atoms with van der Waals surface area (Å²) in [6.45, 7) is 4.03. The van der Waals surface area contributed by atoms with Crippen molar-refractivity contribution >= 4 is 67.9 Å². The molecule has 162 valence electrons. The number of hydrogen-bond donors (Lipinski definition) is 0. The van der Waals surface area contributed by atoms with Gasteiger partial charge >= 0.3 is 5.97 Å². The Morgan fingerprint density at radius 3 is 2.58 bits per heavy atom. The molecule has 2 aromatic carbocycles. The number of carbonyl (C=O) groups is 2. The molecule has 0 unspecified atom stereocenters. The van der Waals surface area contributed by atoms with Crippen molar-refractivity contribution in [2.75, 3.05) is 24.7 Å². The zero-order valence-corrected chi connectivity index (χ0v) is 20.1. The van der Waals surface area contributed by atoms with E-state index >= 15 is 0 Å². The Morgan fingerprint density at radius 1 is 1.16 bits per heavy atom. The van der Waals surface area contributed by atoms with Crippen molar-refractivity contribution in [2.24, 2.45) is 0 Å². The van der Waals surface area contributed by atoms with E-state index in [-0.39, 0.29) is 19.1 Å². The van der Waals surface area contributed by atoms with Crippen LogP contribution in [-0.4, -0.2) is 36.0 Å². The average Bonchev–Trinajstić information content (AvgIpc) is 3.01. The molecule has 0 aromatic heterocycles. The van der Waals surface area contributed by atoms with E-state index in [0.717, 1.165) is 11.3 Å². The van der Waals surface area contributed by atoms with Crippen molar-refractivity contribution in [2.45, 2.75) is 13.8 Å². The molecule has 3 rings (SSSR count). The second kappa shape index (κ2) is 10.8. The Labute approximate surface area is 198 Å². The normalized spacial score (nSPS) is 14.8. The number of thioether (sulfide) groups is 1. The van der Waals surface area contributed by atoms with E-state index in [9.17, 15) is 9.59 Å². The fraction of sp³-hybridized carbons (Fsp3) is 0.227. The van der Waals surface area contributed by atoms with E-state index in [1.165, 1.54) is 16.7 Å². The van der Waals surface area contributed by atoms with Crippen molar-refractivity contribution in [3.05, 3.63) is 57.4 Å². The van der Waals surface area contributed by atoms with Crippen LogP contribution in [0.5, 0.6) is 11.5 Å². The zero-order valence-electron chi connectivity index (χ0n) is 16.9. The Morgan fingerprint density at radius 2 is 1.90 bits per heavy atom. The molecule has 9 heteroatoms. The summed E-state index contributed by atoms with van der Waals surface area (Å²) in [6.07, 6.45) is 1.75. The number of hydrogen-bond acceptors (Lipinski definition) is 7. The lowest BCUT2D eigenvalue weighted by Gasteiger charge is -2.15. The van der Waals surface area contributed by atoms with Crippen LogP contribution in [0.1, 0.15) is 19.4 Å². The highest BCUT2D eigenvalue weighted by atomic mass is 79.9. The lowest BCUT2D eigenvalue weighted by Crippen LogP contribution is -2.27. The fourth-order valence-corrected chi connectivity index (χ4v) is 4.70. The lowest BCUT2D eigenvalue weighted by molar-refractivity contribution is -0.145. The van der Waals surface area contributed by atoms with Crippen LogP contribution < -0.4 is 14.4 Å². The zero-order chi connectivity index (χ0) is 22.4. The largest absolute Gasteiger partial charge is 0.490 e. The number of rotatable bonds is 8. The van der Waals surface area contributed by atoms with Crippen LogP contribution in [0, 0.1) is 0 Å². The highest BCUT2D eigenvalue weighted by molar-refractivity contribution is 9.10. The van der Waals surface area contributed by atoms with Gasteiger partial charge in [0, 0.05) is 0 Å². The summed E-state index contributed by atoms with van der Waals surface area (Å²) in [4.78, 5) is 26.6. The van der Waals surface area contributed by atoms with E-state index < -0.39 is 5.97 Å². The lowest BCUT2D eigenvalue weighted by atomic mass is 10.1. The maximum absolute atomic E-state index is 13.0. The third-order valence-corrected chi connectivity index (χ3v) is 5.97. The summed E-state index contributed by atoms with van der Waals surface area (Å²) in [5, 5.41) is 0. The number of amides is 1. The second-order valence-corrected chi connectivity index (χ2v) is 8.74. The number of para-hydroxylation sites is 1. The predicted octanol–water partition coefficient (Wildman–Crippen LogP) is 5.20. The fourth-order valence-electron chi connectivity index (χ4n) is 2.83. The molecule has 6 nitrogen and oxygen atoms in total. The summed E-state index contributed by atoms with van der Waals surface area (Å²) in [7, 11) is 0. The molecule has 0 spiro atoms. The SMILES string of the molecule is CCOC(=O)COc1c(Br)cc(/C=C2/SC(=S)N(c3ccccc3)C2=O)cc1OCC. The van der Waals surface area contributed by atoms with Gasteiger partial charge in [-0.3, -0.25) is 9.69 Å². The molecule has 0 aliphatic carbocycles. The molecule has 1 aliphatic heterocycles. The molecule has 31 heavy (non-hydrogen) atoms. The standard InChI is InChI=1S/C22H20BrNO5S2/c1-3-27-17-11-14(10-16(23)20(17)29-13-19(25)28-4-2)12-18-21(26)24(22(30)31-18)15-8-6-5-7-9-15/h5-12H,3-4,13H2,1-2H3/b18-12+. The smallest absolute Gasteiger partial charge is 0.344 e. The van der Waals surface area contributed by atoms with Gasteiger partial charge < -0.3 is 14.2 Å². The van der Waals surface area contributed by atoms with Crippen molar-refractivity contribution < 1.29 is 23.8 Å². The van der Waals surface area contributed by atoms with Gasteiger partial charge in [-0.15, -0.1) is 0 Å². The number of ether oxygens (including phenoxy) is 3. The minimum atomic E-state index is -0.467. The van der Waals surface area contributed by atoms with Crippen LogP contribution in [0.4, 0.5) is 5.69 Å². The summed E-state index contributed by atoms with van der Waals surface area (Å²) in [5.74, 6) is 0.193. The van der Waals surface area contributed by atoms with Crippen molar-refractivity contribution in [3.63, 3.8) is 0 Å². The van der Waals surface area contributed by atoms with Gasteiger partial charge in [0.15, 0.2) is 22.4 Å². The number of anilines is 1. The van der Waals surface area contributed by atoms with Crippen molar-refractivity contribution in [3.8, 4) is 11.5 Å². The van der Waals surface area contributed by atoms with Crippen LogP contribution in [0.15, 0.2) is 51.8 Å². The van der Waals surface area contributed by atoms with E-state index in [1.807, 2.05) is 37.3 Å². The molecular formula is C22H20BrNO5S2. The maximum Gasteiger partial charge on any atom is 0.344 e. The number of nitrogens with zero attached hydrogens (tertiary/aromatic N) is 1. The van der Waals surface area contributed by atoms with E-state index in [2.05, 4.69) is 15.9 Å². The number of esters is 1. The van der Waals surface area contributed by atoms with Crippen LogP contribution in [0.3, 0.4) is 0 Å². The molecule has 1 fully saturated rings.